The first-order chi connectivity index (χ1) is 9.60. The van der Waals surface area contributed by atoms with Gasteiger partial charge in [-0.1, -0.05) is 0 Å². The van der Waals surface area contributed by atoms with Crippen molar-refractivity contribution in [3.8, 4) is 0 Å². The van der Waals surface area contributed by atoms with Crippen LogP contribution in [-0.4, -0.2) is 56.8 Å². The molecule has 1 amide bonds. The Kier molecular flexibility index (Phi) is 2.92. The van der Waals surface area contributed by atoms with Gasteiger partial charge in [-0.05, 0) is 13.8 Å². The smallest absolute Gasteiger partial charge is 0.409 e. The summed E-state index contributed by atoms with van der Waals surface area (Å²) in [5.74, 6) is 1.44. The van der Waals surface area contributed by atoms with Crippen molar-refractivity contribution in [1.29, 1.82) is 0 Å². The van der Waals surface area contributed by atoms with Gasteiger partial charge in [0, 0.05) is 24.3 Å². The number of amides is 1. The molecule has 0 saturated carbocycles. The summed E-state index contributed by atoms with van der Waals surface area (Å²) in [6, 6.07) is 0.182. The molecule has 0 unspecified atom stereocenters. The maximum atomic E-state index is 11.3. The van der Waals surface area contributed by atoms with E-state index in [1.807, 2.05) is 13.8 Å². The predicted octanol–water partition coefficient (Wildman–Crippen LogP) is 0.604. The van der Waals surface area contributed by atoms with E-state index >= 15 is 0 Å². The number of anilines is 1. The Morgan fingerprint density at radius 1 is 1.45 bits per heavy atom. The molecule has 1 aliphatic rings. The number of ether oxygens (including phenoxy) is 1. The molecule has 2 aromatic heterocycles. The lowest BCUT2D eigenvalue weighted by Crippen LogP contribution is -2.57. The molecule has 3 rings (SSSR count). The second-order valence-corrected chi connectivity index (χ2v) is 4.86. The fourth-order valence-electron chi connectivity index (χ4n) is 2.24. The number of hydrogen-bond donors (Lipinski definition) is 1. The monoisotopic (exact) mass is 276 g/mol. The highest BCUT2D eigenvalue weighted by Crippen LogP contribution is 2.21. The van der Waals surface area contributed by atoms with Crippen LogP contribution in [0.25, 0.3) is 5.78 Å². The number of methoxy groups -OCH3 is 1. The van der Waals surface area contributed by atoms with Crippen LogP contribution in [0.15, 0.2) is 6.33 Å². The Bertz CT molecular complexity index is 661. The molecule has 0 aromatic carbocycles. The van der Waals surface area contributed by atoms with Crippen LogP contribution in [0.5, 0.6) is 0 Å². The average molecular weight is 276 g/mol. The summed E-state index contributed by atoms with van der Waals surface area (Å²) in [5.41, 5.74) is 1.94. The summed E-state index contributed by atoms with van der Waals surface area (Å²) in [6.07, 6.45) is 1.19. The Hall–Kier alpha value is -2.38. The fourth-order valence-corrected chi connectivity index (χ4v) is 2.24. The van der Waals surface area contributed by atoms with E-state index in [4.69, 9.17) is 0 Å². The first-order valence-electron chi connectivity index (χ1n) is 6.36. The van der Waals surface area contributed by atoms with Crippen molar-refractivity contribution in [3.63, 3.8) is 0 Å². The van der Waals surface area contributed by atoms with Gasteiger partial charge in [0.1, 0.15) is 12.1 Å². The highest BCUT2D eigenvalue weighted by Gasteiger charge is 2.32. The molecule has 20 heavy (non-hydrogen) atoms. The largest absolute Gasteiger partial charge is 0.453 e. The molecule has 0 aliphatic carbocycles. The second-order valence-electron chi connectivity index (χ2n) is 4.86. The van der Waals surface area contributed by atoms with Gasteiger partial charge in [0.25, 0.3) is 5.78 Å². The summed E-state index contributed by atoms with van der Waals surface area (Å²) in [6.45, 7) is 5.16. The Morgan fingerprint density at radius 3 is 2.90 bits per heavy atom. The van der Waals surface area contributed by atoms with Gasteiger partial charge in [-0.2, -0.15) is 14.6 Å². The van der Waals surface area contributed by atoms with Gasteiger partial charge >= 0.3 is 6.09 Å². The molecular formula is C12H16N6O2. The quantitative estimate of drug-likeness (QED) is 0.864. The summed E-state index contributed by atoms with van der Waals surface area (Å²) >= 11 is 0. The van der Waals surface area contributed by atoms with Crippen molar-refractivity contribution < 1.29 is 9.53 Å². The van der Waals surface area contributed by atoms with Gasteiger partial charge in [0.05, 0.1) is 13.2 Å². The van der Waals surface area contributed by atoms with Gasteiger partial charge in [-0.3, -0.25) is 0 Å². The number of rotatable bonds is 2. The van der Waals surface area contributed by atoms with Gasteiger partial charge in [-0.15, -0.1) is 0 Å². The van der Waals surface area contributed by atoms with Crippen LogP contribution in [0.2, 0.25) is 0 Å². The first-order valence-corrected chi connectivity index (χ1v) is 6.36. The lowest BCUT2D eigenvalue weighted by molar-refractivity contribution is 0.0929. The molecule has 2 aromatic rings. The zero-order valence-electron chi connectivity index (χ0n) is 11.6. The second kappa shape index (κ2) is 4.62. The maximum Gasteiger partial charge on any atom is 0.409 e. The first kappa shape index (κ1) is 12.6. The van der Waals surface area contributed by atoms with Crippen molar-refractivity contribution in [1.82, 2.24) is 24.5 Å². The van der Waals surface area contributed by atoms with Crippen LogP contribution in [-0.2, 0) is 4.74 Å². The van der Waals surface area contributed by atoms with E-state index in [1.54, 1.807) is 9.42 Å². The number of aryl methyl sites for hydroxylation is 1. The molecule has 1 saturated heterocycles. The zero-order chi connectivity index (χ0) is 14.3. The van der Waals surface area contributed by atoms with Gasteiger partial charge in [0.15, 0.2) is 0 Å². The summed E-state index contributed by atoms with van der Waals surface area (Å²) < 4.78 is 6.36. The number of fused-ring (bicyclic) bond motifs is 1. The summed E-state index contributed by atoms with van der Waals surface area (Å²) in [5, 5.41) is 7.57. The summed E-state index contributed by atoms with van der Waals surface area (Å²) in [7, 11) is 1.39. The third kappa shape index (κ3) is 1.93. The highest BCUT2D eigenvalue weighted by atomic mass is 16.5. The molecule has 0 spiro atoms. The average Bonchev–Trinajstić information content (AvgIpc) is 2.84. The number of hydrogen-bond acceptors (Lipinski definition) is 6. The number of nitrogens with zero attached hydrogens (tertiary/aromatic N) is 5. The molecule has 3 heterocycles. The molecule has 1 aliphatic heterocycles. The van der Waals surface area contributed by atoms with Crippen LogP contribution >= 0.6 is 0 Å². The minimum atomic E-state index is -0.295. The van der Waals surface area contributed by atoms with Crippen molar-refractivity contribution in [2.24, 2.45) is 0 Å². The van der Waals surface area contributed by atoms with E-state index in [1.165, 1.54) is 13.4 Å². The van der Waals surface area contributed by atoms with Crippen LogP contribution in [0, 0.1) is 13.8 Å². The molecule has 106 valence electrons. The minimum Gasteiger partial charge on any atom is -0.453 e. The SMILES string of the molecule is COC(=O)N1CC(Nc2c(C)c(C)nc3ncnn23)C1. The lowest BCUT2D eigenvalue weighted by atomic mass is 10.1. The van der Waals surface area contributed by atoms with Crippen LogP contribution < -0.4 is 5.32 Å². The zero-order valence-corrected chi connectivity index (χ0v) is 11.6. The number of likely N-dealkylation sites (tertiary alicyclic amines) is 1. The predicted molar refractivity (Wildman–Crippen MR) is 71.6 cm³/mol. The van der Waals surface area contributed by atoms with E-state index in [-0.39, 0.29) is 12.1 Å². The standard InChI is InChI=1S/C12H16N6O2/c1-7-8(2)15-11-13-6-14-18(11)10(7)16-9-4-17(5-9)12(19)20-3/h6,9,16H,4-5H2,1-3H3. The van der Waals surface area contributed by atoms with Gasteiger partial charge in [-0.25, -0.2) is 9.78 Å². The van der Waals surface area contributed by atoms with E-state index in [0.717, 1.165) is 17.1 Å². The van der Waals surface area contributed by atoms with Gasteiger partial charge in [0.2, 0.25) is 0 Å². The fraction of sp³-hybridized carbons (Fsp3) is 0.500. The number of carbonyl (C=O) groups excluding carboxylic acids is 1. The molecule has 1 N–H and O–H groups in total. The van der Waals surface area contributed by atoms with Crippen molar-refractivity contribution in [2.75, 3.05) is 25.5 Å². The van der Waals surface area contributed by atoms with E-state index in [0.29, 0.717) is 18.9 Å². The Labute approximate surface area is 115 Å². The van der Waals surface area contributed by atoms with E-state index in [9.17, 15) is 4.79 Å². The third-order valence-electron chi connectivity index (χ3n) is 3.56. The normalized spacial score (nSPS) is 15.2. The minimum absolute atomic E-state index is 0.182. The lowest BCUT2D eigenvalue weighted by Gasteiger charge is -2.38. The maximum absolute atomic E-state index is 11.3. The van der Waals surface area contributed by atoms with Crippen LogP contribution in [0.4, 0.5) is 10.6 Å². The molecule has 0 atom stereocenters. The van der Waals surface area contributed by atoms with Gasteiger partial charge < -0.3 is 15.0 Å². The van der Waals surface area contributed by atoms with Crippen molar-refractivity contribution in [3.05, 3.63) is 17.6 Å². The molecule has 1 fully saturated rings. The number of nitrogens with one attached hydrogen (secondary N) is 1. The topological polar surface area (TPSA) is 84.6 Å². The molecule has 0 radical (unpaired) electrons. The van der Waals surface area contributed by atoms with Crippen LogP contribution in [0.1, 0.15) is 11.3 Å². The third-order valence-corrected chi connectivity index (χ3v) is 3.56. The number of carbonyl (C=O) groups is 1. The molecule has 8 heteroatoms. The summed E-state index contributed by atoms with van der Waals surface area (Å²) in [4.78, 5) is 21.4. The Balaban J connectivity index is 1.80. The molecule has 8 nitrogen and oxygen atoms in total. The van der Waals surface area contributed by atoms with Crippen molar-refractivity contribution in [2.45, 2.75) is 19.9 Å². The van der Waals surface area contributed by atoms with E-state index in [2.05, 4.69) is 25.1 Å². The van der Waals surface area contributed by atoms with Crippen molar-refractivity contribution >= 4 is 17.7 Å². The highest BCUT2D eigenvalue weighted by molar-refractivity contribution is 5.69. The Morgan fingerprint density at radius 2 is 2.20 bits per heavy atom. The molecule has 0 bridgehead atoms. The van der Waals surface area contributed by atoms with Crippen LogP contribution in [0.3, 0.4) is 0 Å². The molecular weight excluding hydrogens is 260 g/mol. The van der Waals surface area contributed by atoms with E-state index < -0.39 is 0 Å². The number of aromatic nitrogens is 4.